The molecule has 0 bridgehead atoms. The van der Waals surface area contributed by atoms with Crippen molar-refractivity contribution in [2.75, 3.05) is 18.0 Å². The molecule has 0 aliphatic carbocycles. The first-order valence-corrected chi connectivity index (χ1v) is 10.1. The van der Waals surface area contributed by atoms with Crippen molar-refractivity contribution in [3.05, 3.63) is 45.9 Å². The molecule has 2 aromatic rings. The van der Waals surface area contributed by atoms with E-state index < -0.39 is 0 Å². The Labute approximate surface area is 159 Å². The zero-order valence-electron chi connectivity index (χ0n) is 15.5. The fourth-order valence-corrected chi connectivity index (χ4v) is 3.88. The summed E-state index contributed by atoms with van der Waals surface area (Å²) in [4.78, 5) is 18.8. The second-order valence-electron chi connectivity index (χ2n) is 6.74. The molecule has 0 atom stereocenters. The first kappa shape index (κ1) is 18.6. The predicted molar refractivity (Wildman–Crippen MR) is 108 cm³/mol. The molecule has 5 nitrogen and oxygen atoms in total. The van der Waals surface area contributed by atoms with Gasteiger partial charge in [-0.3, -0.25) is 4.79 Å². The standard InChI is InChI=1S/C20H26N4OS/c1-15-14-26-20(21-15)13-19(25)23-22-16(2)17-7-9-18(10-8-17)24-11-5-3-4-6-12-24/h7-10,14H,3-6,11-13H2,1-2H3,(H,23,25)/b22-16-. The van der Waals surface area contributed by atoms with E-state index in [1.165, 1.54) is 42.7 Å². The van der Waals surface area contributed by atoms with Gasteiger partial charge in [0.15, 0.2) is 0 Å². The van der Waals surface area contributed by atoms with Crippen LogP contribution in [0.3, 0.4) is 0 Å². The molecule has 3 rings (SSSR count). The fourth-order valence-electron chi connectivity index (χ4n) is 3.11. The molecule has 0 unspecified atom stereocenters. The summed E-state index contributed by atoms with van der Waals surface area (Å²) in [7, 11) is 0. The van der Waals surface area contributed by atoms with E-state index in [4.69, 9.17) is 0 Å². The van der Waals surface area contributed by atoms with Gasteiger partial charge in [0.25, 0.3) is 0 Å². The average Bonchev–Trinajstić information content (AvgIpc) is 2.88. The lowest BCUT2D eigenvalue weighted by molar-refractivity contribution is -0.120. The van der Waals surface area contributed by atoms with Crippen LogP contribution in [0.1, 0.15) is 48.9 Å². The number of aromatic nitrogens is 1. The van der Waals surface area contributed by atoms with Crippen LogP contribution in [-0.4, -0.2) is 29.7 Å². The van der Waals surface area contributed by atoms with E-state index in [0.717, 1.165) is 35.1 Å². The Bertz CT molecular complexity index is 758. The van der Waals surface area contributed by atoms with Crippen molar-refractivity contribution >= 4 is 28.6 Å². The molecule has 1 aromatic carbocycles. The summed E-state index contributed by atoms with van der Waals surface area (Å²) in [5.74, 6) is -0.139. The highest BCUT2D eigenvalue weighted by molar-refractivity contribution is 7.09. The van der Waals surface area contributed by atoms with Gasteiger partial charge < -0.3 is 4.90 Å². The molecule has 1 saturated heterocycles. The van der Waals surface area contributed by atoms with E-state index in [9.17, 15) is 4.79 Å². The van der Waals surface area contributed by atoms with Crippen LogP contribution in [0.15, 0.2) is 34.7 Å². The molecule has 0 radical (unpaired) electrons. The smallest absolute Gasteiger partial charge is 0.246 e. The van der Waals surface area contributed by atoms with Gasteiger partial charge in [0.2, 0.25) is 5.91 Å². The maximum Gasteiger partial charge on any atom is 0.246 e. The van der Waals surface area contributed by atoms with Crippen molar-refractivity contribution in [2.45, 2.75) is 46.0 Å². The lowest BCUT2D eigenvalue weighted by Gasteiger charge is -2.22. The van der Waals surface area contributed by atoms with Gasteiger partial charge in [0.05, 0.1) is 12.1 Å². The van der Waals surface area contributed by atoms with Gasteiger partial charge in [-0.05, 0) is 44.4 Å². The van der Waals surface area contributed by atoms with E-state index in [1.54, 1.807) is 0 Å². The summed E-state index contributed by atoms with van der Waals surface area (Å²) in [6.07, 6.45) is 5.48. The molecule has 1 aromatic heterocycles. The van der Waals surface area contributed by atoms with E-state index >= 15 is 0 Å². The number of anilines is 1. The molecule has 2 heterocycles. The molecule has 1 N–H and O–H groups in total. The van der Waals surface area contributed by atoms with Gasteiger partial charge in [0.1, 0.15) is 5.01 Å². The molecule has 0 spiro atoms. The molecular formula is C20H26N4OS. The number of hydrogen-bond donors (Lipinski definition) is 1. The summed E-state index contributed by atoms with van der Waals surface area (Å²) >= 11 is 1.50. The number of nitrogens with one attached hydrogen (secondary N) is 1. The molecule has 26 heavy (non-hydrogen) atoms. The van der Waals surface area contributed by atoms with Crippen LogP contribution >= 0.6 is 11.3 Å². The minimum atomic E-state index is -0.139. The number of thiazole rings is 1. The Balaban J connectivity index is 1.57. The van der Waals surface area contributed by atoms with Crippen LogP contribution in [-0.2, 0) is 11.2 Å². The molecule has 1 amide bonds. The van der Waals surface area contributed by atoms with Crippen molar-refractivity contribution in [2.24, 2.45) is 5.10 Å². The number of hydrogen-bond acceptors (Lipinski definition) is 5. The molecule has 6 heteroatoms. The van der Waals surface area contributed by atoms with Gasteiger partial charge in [-0.1, -0.05) is 25.0 Å². The molecular weight excluding hydrogens is 344 g/mol. The quantitative estimate of drug-likeness (QED) is 0.641. The van der Waals surface area contributed by atoms with Gasteiger partial charge in [-0.2, -0.15) is 5.10 Å². The summed E-state index contributed by atoms with van der Waals surface area (Å²) < 4.78 is 0. The second kappa shape index (κ2) is 8.94. The highest BCUT2D eigenvalue weighted by Crippen LogP contribution is 2.20. The lowest BCUT2D eigenvalue weighted by atomic mass is 10.1. The lowest BCUT2D eigenvalue weighted by Crippen LogP contribution is -2.23. The van der Waals surface area contributed by atoms with E-state index in [1.807, 2.05) is 19.2 Å². The number of hydrazone groups is 1. The van der Waals surface area contributed by atoms with Crippen molar-refractivity contribution in [3.8, 4) is 0 Å². The SMILES string of the molecule is C/C(=N/NC(=O)Cc1nc(C)cs1)c1ccc(N2CCCCCC2)cc1. The van der Waals surface area contributed by atoms with Crippen molar-refractivity contribution in [1.82, 2.24) is 10.4 Å². The van der Waals surface area contributed by atoms with Crippen LogP contribution < -0.4 is 10.3 Å². The Morgan fingerprint density at radius 3 is 2.50 bits per heavy atom. The fraction of sp³-hybridized carbons (Fsp3) is 0.450. The largest absolute Gasteiger partial charge is 0.372 e. The van der Waals surface area contributed by atoms with Gasteiger partial charge in [-0.25, -0.2) is 10.4 Å². The summed E-state index contributed by atoms with van der Waals surface area (Å²) in [5, 5.41) is 7.00. The highest BCUT2D eigenvalue weighted by atomic mass is 32.1. The Kier molecular flexibility index (Phi) is 6.39. The number of amides is 1. The third kappa shape index (κ3) is 5.14. The summed E-state index contributed by atoms with van der Waals surface area (Å²) in [6, 6.07) is 8.46. The van der Waals surface area contributed by atoms with Gasteiger partial charge in [-0.15, -0.1) is 11.3 Å². The monoisotopic (exact) mass is 370 g/mol. The average molecular weight is 371 g/mol. The van der Waals surface area contributed by atoms with Gasteiger partial charge in [0, 0.05) is 29.9 Å². The first-order chi connectivity index (χ1) is 12.6. The zero-order chi connectivity index (χ0) is 18.4. The van der Waals surface area contributed by atoms with E-state index in [0.29, 0.717) is 0 Å². The molecule has 0 saturated carbocycles. The number of benzene rings is 1. The number of carbonyl (C=O) groups is 1. The maximum atomic E-state index is 12.0. The molecule has 138 valence electrons. The molecule has 1 aliphatic heterocycles. The molecule has 1 fully saturated rings. The third-order valence-corrected chi connectivity index (χ3v) is 5.55. The Morgan fingerprint density at radius 2 is 1.88 bits per heavy atom. The van der Waals surface area contributed by atoms with Crippen LogP contribution in [0.5, 0.6) is 0 Å². The van der Waals surface area contributed by atoms with Crippen LogP contribution in [0.25, 0.3) is 0 Å². The van der Waals surface area contributed by atoms with Crippen molar-refractivity contribution in [1.29, 1.82) is 0 Å². The Hall–Kier alpha value is -2.21. The predicted octanol–water partition coefficient (Wildman–Crippen LogP) is 3.91. The van der Waals surface area contributed by atoms with Crippen molar-refractivity contribution in [3.63, 3.8) is 0 Å². The number of rotatable bonds is 5. The minimum absolute atomic E-state index is 0.139. The summed E-state index contributed by atoms with van der Waals surface area (Å²) in [5.41, 5.74) is 6.67. The Morgan fingerprint density at radius 1 is 1.19 bits per heavy atom. The first-order valence-electron chi connectivity index (χ1n) is 9.21. The van der Waals surface area contributed by atoms with Crippen molar-refractivity contribution < 1.29 is 4.79 Å². The number of nitrogens with zero attached hydrogens (tertiary/aromatic N) is 3. The number of aryl methyl sites for hydroxylation is 1. The normalized spacial score (nSPS) is 15.6. The summed E-state index contributed by atoms with van der Waals surface area (Å²) in [6.45, 7) is 6.11. The maximum absolute atomic E-state index is 12.0. The topological polar surface area (TPSA) is 57.6 Å². The van der Waals surface area contributed by atoms with Crippen LogP contribution in [0.4, 0.5) is 5.69 Å². The molecule has 1 aliphatic rings. The number of carbonyl (C=O) groups excluding carboxylic acids is 1. The highest BCUT2D eigenvalue weighted by Gasteiger charge is 2.10. The van der Waals surface area contributed by atoms with E-state index in [-0.39, 0.29) is 12.3 Å². The second-order valence-corrected chi connectivity index (χ2v) is 7.68. The minimum Gasteiger partial charge on any atom is -0.372 e. The van der Waals surface area contributed by atoms with E-state index in [2.05, 4.69) is 44.7 Å². The van der Waals surface area contributed by atoms with Gasteiger partial charge >= 0.3 is 0 Å². The third-order valence-electron chi connectivity index (χ3n) is 4.58. The zero-order valence-corrected chi connectivity index (χ0v) is 16.3. The van der Waals surface area contributed by atoms with Crippen LogP contribution in [0, 0.1) is 6.92 Å². The van der Waals surface area contributed by atoms with Crippen LogP contribution in [0.2, 0.25) is 0 Å².